The SMILES string of the molecule is c1ccc(-c2ccc3c(-c4cc(-c5cc(-c6ccccc6)cc6c(-c7ccccc7)cccc56)cc(-c5cc6ccccc6c6ccccc56)c4)ccc(-c4ccccc4)c3c2)cc1. The summed E-state index contributed by atoms with van der Waals surface area (Å²) in [5, 5.41) is 9.93. The Hall–Kier alpha value is -8.32. The summed E-state index contributed by atoms with van der Waals surface area (Å²) in [6.45, 7) is 0. The van der Waals surface area contributed by atoms with Crippen LogP contribution in [0.5, 0.6) is 0 Å². The predicted molar refractivity (Wildman–Crippen MR) is 275 cm³/mol. The Kier molecular flexibility index (Phi) is 9.28. The highest BCUT2D eigenvalue weighted by atomic mass is 14.2. The van der Waals surface area contributed by atoms with E-state index in [0.29, 0.717) is 0 Å². The van der Waals surface area contributed by atoms with Crippen molar-refractivity contribution in [1.82, 2.24) is 0 Å². The van der Waals surface area contributed by atoms with Gasteiger partial charge in [-0.2, -0.15) is 0 Å². The highest BCUT2D eigenvalue weighted by Crippen LogP contribution is 2.45. The van der Waals surface area contributed by atoms with Crippen molar-refractivity contribution < 1.29 is 0 Å². The van der Waals surface area contributed by atoms with Gasteiger partial charge in [0.2, 0.25) is 0 Å². The molecule has 0 bridgehead atoms. The molecule has 0 saturated carbocycles. The van der Waals surface area contributed by atoms with Gasteiger partial charge in [0, 0.05) is 0 Å². The Bertz CT molecular complexity index is 3680. The van der Waals surface area contributed by atoms with E-state index < -0.39 is 0 Å². The first-order valence-electron chi connectivity index (χ1n) is 22.2. The third kappa shape index (κ3) is 6.65. The Balaban J connectivity index is 1.17. The van der Waals surface area contributed by atoms with Gasteiger partial charge in [-0.25, -0.2) is 0 Å². The van der Waals surface area contributed by atoms with Crippen molar-refractivity contribution in [3.8, 4) is 77.9 Å². The molecule has 0 heterocycles. The molecule has 0 nitrogen and oxygen atoms in total. The summed E-state index contributed by atoms with van der Waals surface area (Å²) in [5.41, 5.74) is 16.9. The van der Waals surface area contributed by atoms with Gasteiger partial charge in [-0.3, -0.25) is 0 Å². The average molecular weight is 811 g/mol. The zero-order chi connectivity index (χ0) is 42.4. The molecule has 0 unspecified atom stereocenters. The van der Waals surface area contributed by atoms with E-state index in [-0.39, 0.29) is 0 Å². The van der Waals surface area contributed by atoms with Gasteiger partial charge >= 0.3 is 0 Å². The first kappa shape index (κ1) is 37.4. The predicted octanol–water partition coefficient (Wildman–Crippen LogP) is 18.0. The Morgan fingerprint density at radius 1 is 0.141 bits per heavy atom. The molecule has 0 heteroatoms. The summed E-state index contributed by atoms with van der Waals surface area (Å²) >= 11 is 0. The van der Waals surface area contributed by atoms with Gasteiger partial charge in [0.15, 0.2) is 0 Å². The minimum Gasteiger partial charge on any atom is -0.0622 e. The molecule has 0 saturated heterocycles. The molecule has 0 N–H and O–H groups in total. The van der Waals surface area contributed by atoms with Crippen LogP contribution in [0.15, 0.2) is 255 Å². The molecule has 0 aliphatic heterocycles. The Morgan fingerprint density at radius 2 is 0.547 bits per heavy atom. The van der Waals surface area contributed by atoms with Crippen LogP contribution in [0.2, 0.25) is 0 Å². The zero-order valence-electron chi connectivity index (χ0n) is 35.2. The lowest BCUT2D eigenvalue weighted by Gasteiger charge is -2.19. The molecule has 12 rings (SSSR count). The first-order chi connectivity index (χ1) is 31.7. The average Bonchev–Trinajstić information content (AvgIpc) is 3.38. The lowest BCUT2D eigenvalue weighted by atomic mass is 9.85. The highest BCUT2D eigenvalue weighted by Gasteiger charge is 2.18. The number of fused-ring (bicyclic) bond motifs is 5. The van der Waals surface area contributed by atoms with Gasteiger partial charge in [0.05, 0.1) is 0 Å². The van der Waals surface area contributed by atoms with Gasteiger partial charge in [-0.15, -0.1) is 0 Å². The second-order valence-electron chi connectivity index (χ2n) is 16.8. The van der Waals surface area contributed by atoms with Crippen LogP contribution in [0.4, 0.5) is 0 Å². The molecule has 0 aliphatic rings. The van der Waals surface area contributed by atoms with E-state index in [1.165, 1.54) is 121 Å². The molecular weight excluding hydrogens is 769 g/mol. The molecule has 12 aromatic carbocycles. The van der Waals surface area contributed by atoms with Crippen LogP contribution in [0.3, 0.4) is 0 Å². The smallest absolute Gasteiger partial charge is 0.00930 e. The summed E-state index contributed by atoms with van der Waals surface area (Å²) in [6, 6.07) is 93.9. The van der Waals surface area contributed by atoms with Gasteiger partial charge in [-0.1, -0.05) is 212 Å². The first-order valence-corrected chi connectivity index (χ1v) is 22.2. The van der Waals surface area contributed by atoms with Gasteiger partial charge in [-0.05, 0) is 163 Å². The topological polar surface area (TPSA) is 0 Å². The van der Waals surface area contributed by atoms with E-state index in [4.69, 9.17) is 0 Å². The minimum absolute atomic E-state index is 1.18. The number of hydrogen-bond donors (Lipinski definition) is 0. The fourth-order valence-corrected chi connectivity index (χ4v) is 9.96. The van der Waals surface area contributed by atoms with E-state index >= 15 is 0 Å². The summed E-state index contributed by atoms with van der Waals surface area (Å²) in [4.78, 5) is 0. The highest BCUT2D eigenvalue weighted by molar-refractivity contribution is 6.15. The van der Waals surface area contributed by atoms with Crippen molar-refractivity contribution in [3.63, 3.8) is 0 Å². The van der Waals surface area contributed by atoms with Crippen LogP contribution in [-0.2, 0) is 0 Å². The zero-order valence-corrected chi connectivity index (χ0v) is 35.2. The molecule has 0 aliphatic carbocycles. The number of hydrogen-bond acceptors (Lipinski definition) is 0. The van der Waals surface area contributed by atoms with Gasteiger partial charge in [0.25, 0.3) is 0 Å². The van der Waals surface area contributed by atoms with Crippen molar-refractivity contribution in [1.29, 1.82) is 0 Å². The molecule has 64 heavy (non-hydrogen) atoms. The number of rotatable bonds is 7. The third-order valence-electron chi connectivity index (χ3n) is 13.0. The second-order valence-corrected chi connectivity index (χ2v) is 16.8. The van der Waals surface area contributed by atoms with Crippen LogP contribution in [0, 0.1) is 0 Å². The maximum Gasteiger partial charge on any atom is -0.00930 e. The van der Waals surface area contributed by atoms with E-state index in [0.717, 1.165) is 0 Å². The molecule has 0 spiro atoms. The molecule has 0 amide bonds. The van der Waals surface area contributed by atoms with Crippen molar-refractivity contribution in [2.75, 3.05) is 0 Å². The second kappa shape index (κ2) is 15.9. The fraction of sp³-hybridized carbons (Fsp3) is 0. The van der Waals surface area contributed by atoms with Crippen molar-refractivity contribution in [2.24, 2.45) is 0 Å². The monoisotopic (exact) mass is 810 g/mol. The molecule has 0 radical (unpaired) electrons. The summed E-state index contributed by atoms with van der Waals surface area (Å²) in [5.74, 6) is 0. The molecule has 0 fully saturated rings. The van der Waals surface area contributed by atoms with E-state index in [1.54, 1.807) is 0 Å². The molecule has 0 atom stereocenters. The van der Waals surface area contributed by atoms with Crippen molar-refractivity contribution >= 4 is 43.1 Å². The van der Waals surface area contributed by atoms with Crippen LogP contribution in [0.25, 0.3) is 121 Å². The van der Waals surface area contributed by atoms with Crippen molar-refractivity contribution in [2.45, 2.75) is 0 Å². The van der Waals surface area contributed by atoms with Crippen molar-refractivity contribution in [3.05, 3.63) is 255 Å². The maximum absolute atomic E-state index is 2.44. The normalized spacial score (nSPS) is 11.4. The fourth-order valence-electron chi connectivity index (χ4n) is 9.96. The lowest BCUT2D eigenvalue weighted by Crippen LogP contribution is -1.92. The number of benzene rings is 12. The van der Waals surface area contributed by atoms with Gasteiger partial charge in [0.1, 0.15) is 0 Å². The third-order valence-corrected chi connectivity index (χ3v) is 13.0. The largest absolute Gasteiger partial charge is 0.0622 e. The summed E-state index contributed by atoms with van der Waals surface area (Å²) < 4.78 is 0. The summed E-state index contributed by atoms with van der Waals surface area (Å²) in [6.07, 6.45) is 0. The maximum atomic E-state index is 2.44. The Labute approximate surface area is 374 Å². The molecular formula is C64H42. The lowest BCUT2D eigenvalue weighted by molar-refractivity contribution is 1.58. The standard InChI is InChI=1S/C64H42/c1-5-18-43(19-6-1)47-32-33-60-56(35-34-55(63(60)39-47)46-24-11-4-12-25-46)50-36-51(61-40-48-26-13-14-27-54(48)57-28-15-16-29-58(57)61)38-52(37-50)62-41-49(44-20-7-2-8-21-44)42-64-53(30-17-31-59(62)64)45-22-9-3-10-23-45/h1-42H. The van der Waals surface area contributed by atoms with E-state index in [1.807, 2.05) is 0 Å². The Morgan fingerprint density at radius 3 is 1.17 bits per heavy atom. The minimum atomic E-state index is 1.18. The molecule has 0 aromatic heterocycles. The van der Waals surface area contributed by atoms with E-state index in [2.05, 4.69) is 255 Å². The quantitative estimate of drug-likeness (QED) is 0.141. The summed E-state index contributed by atoms with van der Waals surface area (Å²) in [7, 11) is 0. The molecule has 12 aromatic rings. The van der Waals surface area contributed by atoms with Crippen LogP contribution in [-0.4, -0.2) is 0 Å². The van der Waals surface area contributed by atoms with Crippen LogP contribution in [0.1, 0.15) is 0 Å². The van der Waals surface area contributed by atoms with Crippen LogP contribution < -0.4 is 0 Å². The van der Waals surface area contributed by atoms with E-state index in [9.17, 15) is 0 Å². The van der Waals surface area contributed by atoms with Crippen LogP contribution >= 0.6 is 0 Å². The molecule has 298 valence electrons. The van der Waals surface area contributed by atoms with Gasteiger partial charge < -0.3 is 0 Å².